The van der Waals surface area contributed by atoms with Crippen LogP contribution in [0.15, 0.2) is 54.6 Å². The van der Waals surface area contributed by atoms with Crippen LogP contribution < -0.4 is 14.8 Å². The molecule has 3 aromatic carbocycles. The smallest absolute Gasteiger partial charge is 0.303 e. The van der Waals surface area contributed by atoms with Crippen molar-refractivity contribution >= 4 is 21.7 Å². The Kier molecular flexibility index (Phi) is 9.73. The van der Waals surface area contributed by atoms with Gasteiger partial charge < -0.3 is 25.4 Å². The van der Waals surface area contributed by atoms with Crippen molar-refractivity contribution in [2.75, 3.05) is 30.7 Å². The highest BCUT2D eigenvalue weighted by molar-refractivity contribution is 7.92. The molecule has 0 aliphatic rings. The van der Waals surface area contributed by atoms with E-state index in [2.05, 4.69) is 22.2 Å². The second kappa shape index (κ2) is 12.8. The highest BCUT2D eigenvalue weighted by atomic mass is 32.2. The summed E-state index contributed by atoms with van der Waals surface area (Å²) in [6.07, 6.45) is 0.686. The van der Waals surface area contributed by atoms with Crippen molar-refractivity contribution < 1.29 is 33.3 Å². The molecule has 0 saturated heterocycles. The van der Waals surface area contributed by atoms with Crippen molar-refractivity contribution in [2.45, 2.75) is 32.8 Å². The van der Waals surface area contributed by atoms with Crippen molar-refractivity contribution in [2.24, 2.45) is 0 Å². The predicted octanol–water partition coefficient (Wildman–Crippen LogP) is 3.77. The standard InChI is InChI=1S/C28H34N2O7S/c1-18-14-23(21-7-4-20(5-8-21)6-11-27(33)34)15-19(2)28(18)37-13-12-29-17-26(32)22-9-10-25(31)24(16-22)30-38(3,35)36/h4-5,7-10,14-16,26,29-32H,6,11-13,17H2,1-3H3,(H,33,34). The molecule has 38 heavy (non-hydrogen) atoms. The lowest BCUT2D eigenvalue weighted by molar-refractivity contribution is -0.136. The van der Waals surface area contributed by atoms with Crippen LogP contribution >= 0.6 is 0 Å². The van der Waals surface area contributed by atoms with Crippen LogP contribution in [0, 0.1) is 13.8 Å². The van der Waals surface area contributed by atoms with E-state index in [4.69, 9.17) is 9.84 Å². The summed E-state index contributed by atoms with van der Waals surface area (Å²) in [5, 5.41) is 32.3. The van der Waals surface area contributed by atoms with Crippen LogP contribution in [0.1, 0.15) is 34.8 Å². The number of rotatable bonds is 13. The maximum Gasteiger partial charge on any atom is 0.303 e. The zero-order valence-corrected chi connectivity index (χ0v) is 22.5. The molecule has 0 aliphatic carbocycles. The summed E-state index contributed by atoms with van der Waals surface area (Å²) in [5.41, 5.74) is 5.53. The second-order valence-corrected chi connectivity index (χ2v) is 11.0. The number of sulfonamides is 1. The van der Waals surface area contributed by atoms with Gasteiger partial charge in [0, 0.05) is 19.5 Å². The summed E-state index contributed by atoms with van der Waals surface area (Å²) < 4.78 is 31.1. The number of carbonyl (C=O) groups is 1. The number of ether oxygens (including phenoxy) is 1. The van der Waals surface area contributed by atoms with Gasteiger partial charge in [0.25, 0.3) is 0 Å². The lowest BCUT2D eigenvalue weighted by Crippen LogP contribution is -2.26. The quantitative estimate of drug-likeness (QED) is 0.162. The Bertz CT molecular complexity index is 1350. The summed E-state index contributed by atoms with van der Waals surface area (Å²) in [6, 6.07) is 16.3. The molecular weight excluding hydrogens is 508 g/mol. The zero-order chi connectivity index (χ0) is 27.9. The van der Waals surface area contributed by atoms with Gasteiger partial charge in [0.1, 0.15) is 18.1 Å². The van der Waals surface area contributed by atoms with Crippen LogP contribution in [0.4, 0.5) is 5.69 Å². The number of phenolic OH excluding ortho intramolecular Hbond substituents is 1. The van der Waals surface area contributed by atoms with Crippen LogP contribution in [-0.4, -0.2) is 55.7 Å². The van der Waals surface area contributed by atoms with Crippen LogP contribution in [0.5, 0.6) is 11.5 Å². The molecule has 3 rings (SSSR count). The molecule has 0 bridgehead atoms. The second-order valence-electron chi connectivity index (χ2n) is 9.25. The molecular formula is C28H34N2O7S. The Morgan fingerprint density at radius 3 is 2.26 bits per heavy atom. The largest absolute Gasteiger partial charge is 0.506 e. The Balaban J connectivity index is 1.52. The lowest BCUT2D eigenvalue weighted by atomic mass is 9.98. The zero-order valence-electron chi connectivity index (χ0n) is 21.7. The summed E-state index contributed by atoms with van der Waals surface area (Å²) in [5.74, 6) is -0.237. The first-order valence-electron chi connectivity index (χ1n) is 12.2. The molecule has 1 unspecified atom stereocenters. The van der Waals surface area contributed by atoms with E-state index in [1.165, 1.54) is 18.2 Å². The summed E-state index contributed by atoms with van der Waals surface area (Å²) in [4.78, 5) is 10.8. The van der Waals surface area contributed by atoms with Crippen molar-refractivity contribution in [3.8, 4) is 22.6 Å². The molecule has 204 valence electrons. The van der Waals surface area contributed by atoms with Gasteiger partial charge in [0.15, 0.2) is 0 Å². The Labute approximate surface area is 223 Å². The van der Waals surface area contributed by atoms with Gasteiger partial charge in [-0.3, -0.25) is 9.52 Å². The Hall–Kier alpha value is -3.60. The number of aromatic hydroxyl groups is 1. The molecule has 1 atom stereocenters. The number of hydrogen-bond donors (Lipinski definition) is 5. The van der Waals surface area contributed by atoms with E-state index in [9.17, 15) is 23.4 Å². The first-order chi connectivity index (χ1) is 17.9. The van der Waals surface area contributed by atoms with E-state index >= 15 is 0 Å². The Morgan fingerprint density at radius 1 is 1.00 bits per heavy atom. The number of anilines is 1. The Morgan fingerprint density at radius 2 is 1.66 bits per heavy atom. The van der Waals surface area contributed by atoms with Crippen LogP contribution in [0.3, 0.4) is 0 Å². The molecule has 5 N–H and O–H groups in total. The van der Waals surface area contributed by atoms with Crippen LogP contribution in [0.25, 0.3) is 11.1 Å². The molecule has 0 aliphatic heterocycles. The third kappa shape index (κ3) is 8.47. The SMILES string of the molecule is Cc1cc(-c2ccc(CCC(=O)O)cc2)cc(C)c1OCCNCC(O)c1ccc(O)c(NS(C)(=O)=O)c1. The van der Waals surface area contributed by atoms with Crippen molar-refractivity contribution in [3.05, 3.63) is 76.9 Å². The molecule has 0 fully saturated rings. The van der Waals surface area contributed by atoms with Gasteiger partial charge in [-0.05, 0) is 77.9 Å². The highest BCUT2D eigenvalue weighted by Crippen LogP contribution is 2.31. The van der Waals surface area contributed by atoms with Gasteiger partial charge in [-0.2, -0.15) is 0 Å². The highest BCUT2D eigenvalue weighted by Gasteiger charge is 2.13. The monoisotopic (exact) mass is 542 g/mol. The average Bonchev–Trinajstić information content (AvgIpc) is 2.84. The fourth-order valence-corrected chi connectivity index (χ4v) is 4.65. The van der Waals surface area contributed by atoms with E-state index in [-0.39, 0.29) is 24.4 Å². The number of aliphatic carboxylic acids is 1. The molecule has 0 saturated carbocycles. The fourth-order valence-electron chi connectivity index (χ4n) is 4.08. The first kappa shape index (κ1) is 29.0. The fraction of sp³-hybridized carbons (Fsp3) is 0.321. The van der Waals surface area contributed by atoms with E-state index in [0.717, 1.165) is 39.8 Å². The molecule has 9 nitrogen and oxygen atoms in total. The molecule has 0 aromatic heterocycles. The maximum atomic E-state index is 11.5. The van der Waals surface area contributed by atoms with Gasteiger partial charge in [-0.15, -0.1) is 0 Å². The van der Waals surface area contributed by atoms with Crippen LogP contribution in [-0.2, 0) is 21.2 Å². The molecule has 3 aromatic rings. The minimum absolute atomic E-state index is 0.0101. The van der Waals surface area contributed by atoms with Crippen molar-refractivity contribution in [1.29, 1.82) is 0 Å². The van der Waals surface area contributed by atoms with E-state index in [1.807, 2.05) is 38.1 Å². The number of benzene rings is 3. The van der Waals surface area contributed by atoms with Gasteiger partial charge in [-0.25, -0.2) is 8.42 Å². The molecule has 0 heterocycles. The third-order valence-corrected chi connectivity index (χ3v) is 6.53. The number of aliphatic hydroxyl groups excluding tert-OH is 1. The minimum Gasteiger partial charge on any atom is -0.506 e. The molecule has 0 radical (unpaired) electrons. The van der Waals surface area contributed by atoms with Gasteiger partial charge in [0.2, 0.25) is 10.0 Å². The van der Waals surface area contributed by atoms with E-state index in [0.29, 0.717) is 25.1 Å². The lowest BCUT2D eigenvalue weighted by Gasteiger charge is -2.16. The molecule has 10 heteroatoms. The number of carboxylic acid groups (broad SMARTS) is 1. The third-order valence-electron chi connectivity index (χ3n) is 5.94. The number of carboxylic acids is 1. The van der Waals surface area contributed by atoms with Crippen molar-refractivity contribution in [1.82, 2.24) is 5.32 Å². The number of phenols is 1. The molecule has 0 spiro atoms. The average molecular weight is 543 g/mol. The van der Waals surface area contributed by atoms with Gasteiger partial charge >= 0.3 is 5.97 Å². The normalized spacial score (nSPS) is 12.2. The number of aryl methyl sites for hydroxylation is 3. The van der Waals surface area contributed by atoms with E-state index < -0.39 is 22.1 Å². The number of hydrogen-bond acceptors (Lipinski definition) is 7. The van der Waals surface area contributed by atoms with Gasteiger partial charge in [0.05, 0.1) is 18.0 Å². The topological polar surface area (TPSA) is 145 Å². The maximum absolute atomic E-state index is 11.5. The predicted molar refractivity (Wildman–Crippen MR) is 147 cm³/mol. The minimum atomic E-state index is -3.57. The summed E-state index contributed by atoms with van der Waals surface area (Å²) in [6.45, 7) is 5.03. The van der Waals surface area contributed by atoms with Gasteiger partial charge in [-0.1, -0.05) is 30.3 Å². The first-order valence-corrected chi connectivity index (χ1v) is 14.1. The summed E-state index contributed by atoms with van der Waals surface area (Å²) in [7, 11) is -3.57. The summed E-state index contributed by atoms with van der Waals surface area (Å²) >= 11 is 0. The number of nitrogens with one attached hydrogen (secondary N) is 2. The van der Waals surface area contributed by atoms with Crippen LogP contribution in [0.2, 0.25) is 0 Å². The number of aliphatic hydroxyl groups is 1. The molecule has 0 amide bonds. The van der Waals surface area contributed by atoms with Crippen molar-refractivity contribution in [3.63, 3.8) is 0 Å². The van der Waals surface area contributed by atoms with E-state index in [1.54, 1.807) is 0 Å².